The Kier molecular flexibility index (Phi) is 6.22. The first-order chi connectivity index (χ1) is 10.2. The second kappa shape index (κ2) is 7.92. The van der Waals surface area contributed by atoms with Crippen molar-refractivity contribution in [1.29, 1.82) is 0 Å². The van der Waals surface area contributed by atoms with Crippen molar-refractivity contribution in [2.24, 2.45) is 11.7 Å². The molecule has 1 aromatic carbocycles. The predicted molar refractivity (Wildman–Crippen MR) is 88.4 cm³/mol. The van der Waals surface area contributed by atoms with Crippen molar-refractivity contribution in [2.45, 2.75) is 38.1 Å². The molecular formula is C18H30N2O. The summed E-state index contributed by atoms with van der Waals surface area (Å²) in [5, 5.41) is 0. The topological polar surface area (TPSA) is 38.5 Å². The number of hydrogen-bond acceptors (Lipinski definition) is 3. The van der Waals surface area contributed by atoms with Gasteiger partial charge in [-0.2, -0.15) is 0 Å². The van der Waals surface area contributed by atoms with Crippen molar-refractivity contribution in [1.82, 2.24) is 4.90 Å². The van der Waals surface area contributed by atoms with Gasteiger partial charge < -0.3 is 10.5 Å². The molecule has 2 rings (SSSR count). The molecule has 2 N–H and O–H groups in total. The van der Waals surface area contributed by atoms with Crippen LogP contribution < -0.4 is 5.73 Å². The number of hydrogen-bond donors (Lipinski definition) is 1. The Bertz CT molecular complexity index is 397. The van der Waals surface area contributed by atoms with Crippen LogP contribution in [0.25, 0.3) is 0 Å². The van der Waals surface area contributed by atoms with Gasteiger partial charge in [-0.05, 0) is 44.2 Å². The van der Waals surface area contributed by atoms with Gasteiger partial charge in [-0.1, -0.05) is 37.3 Å². The number of rotatable bonds is 7. The highest BCUT2D eigenvalue weighted by atomic mass is 16.5. The maximum atomic E-state index is 6.21. The molecule has 0 saturated carbocycles. The molecule has 0 bridgehead atoms. The average Bonchev–Trinajstić information content (AvgIpc) is 2.54. The first-order valence-corrected chi connectivity index (χ1v) is 8.23. The van der Waals surface area contributed by atoms with Crippen LogP contribution in [0, 0.1) is 5.92 Å². The Labute approximate surface area is 129 Å². The SMILES string of the molecule is CCC(CN)(Cc1ccccc1)N(C)CC1CCOCC1. The predicted octanol–water partition coefficient (Wildman–Crippen LogP) is 2.70. The van der Waals surface area contributed by atoms with E-state index in [2.05, 4.69) is 49.2 Å². The maximum Gasteiger partial charge on any atom is 0.0469 e. The molecule has 1 fully saturated rings. The Morgan fingerprint density at radius 2 is 1.90 bits per heavy atom. The lowest BCUT2D eigenvalue weighted by molar-refractivity contribution is 0.0328. The van der Waals surface area contributed by atoms with Crippen LogP contribution in [0.4, 0.5) is 0 Å². The molecule has 0 spiro atoms. The van der Waals surface area contributed by atoms with E-state index in [1.54, 1.807) is 0 Å². The lowest BCUT2D eigenvalue weighted by atomic mass is 9.85. The molecular weight excluding hydrogens is 260 g/mol. The maximum absolute atomic E-state index is 6.21. The zero-order valence-corrected chi connectivity index (χ0v) is 13.6. The van der Waals surface area contributed by atoms with Gasteiger partial charge in [0.15, 0.2) is 0 Å². The molecule has 118 valence electrons. The molecule has 3 heteroatoms. The van der Waals surface area contributed by atoms with Crippen molar-refractivity contribution in [3.8, 4) is 0 Å². The van der Waals surface area contributed by atoms with Gasteiger partial charge in [-0.15, -0.1) is 0 Å². The molecule has 1 heterocycles. The summed E-state index contributed by atoms with van der Waals surface area (Å²) in [4.78, 5) is 2.51. The summed E-state index contributed by atoms with van der Waals surface area (Å²) < 4.78 is 5.47. The highest BCUT2D eigenvalue weighted by Gasteiger charge is 2.33. The van der Waals surface area contributed by atoms with E-state index in [0.717, 1.165) is 38.5 Å². The second-order valence-electron chi connectivity index (χ2n) is 6.38. The molecule has 0 amide bonds. The van der Waals surface area contributed by atoms with Gasteiger partial charge in [0.2, 0.25) is 0 Å². The Hall–Kier alpha value is -0.900. The molecule has 1 aromatic rings. The lowest BCUT2D eigenvalue weighted by Crippen LogP contribution is -2.55. The van der Waals surface area contributed by atoms with Crippen molar-refractivity contribution in [3.05, 3.63) is 35.9 Å². The van der Waals surface area contributed by atoms with Gasteiger partial charge >= 0.3 is 0 Å². The van der Waals surface area contributed by atoms with Crippen LogP contribution in [0.5, 0.6) is 0 Å². The number of nitrogens with zero attached hydrogens (tertiary/aromatic N) is 1. The molecule has 1 aliphatic rings. The molecule has 0 aromatic heterocycles. The minimum atomic E-state index is 0.0691. The van der Waals surface area contributed by atoms with Crippen LogP contribution in [0.2, 0.25) is 0 Å². The fourth-order valence-corrected chi connectivity index (χ4v) is 3.39. The summed E-state index contributed by atoms with van der Waals surface area (Å²) in [6.07, 6.45) is 4.47. The molecule has 1 aliphatic heterocycles. The smallest absolute Gasteiger partial charge is 0.0469 e. The third kappa shape index (κ3) is 4.29. The Morgan fingerprint density at radius 1 is 1.24 bits per heavy atom. The molecule has 21 heavy (non-hydrogen) atoms. The quantitative estimate of drug-likeness (QED) is 0.839. The standard InChI is InChI=1S/C18H30N2O/c1-3-18(15-19,13-16-7-5-4-6-8-16)20(2)14-17-9-11-21-12-10-17/h4-8,17H,3,9-15,19H2,1-2H3. The van der Waals surface area contributed by atoms with Crippen LogP contribution in [0.3, 0.4) is 0 Å². The van der Waals surface area contributed by atoms with E-state index < -0.39 is 0 Å². The number of ether oxygens (including phenoxy) is 1. The van der Waals surface area contributed by atoms with Gasteiger partial charge in [-0.25, -0.2) is 0 Å². The first kappa shape index (κ1) is 16.5. The van der Waals surface area contributed by atoms with Crippen LogP contribution in [-0.4, -0.2) is 43.8 Å². The van der Waals surface area contributed by atoms with Crippen LogP contribution in [-0.2, 0) is 11.2 Å². The monoisotopic (exact) mass is 290 g/mol. The number of likely N-dealkylation sites (N-methyl/N-ethyl adjacent to an activating group) is 1. The van der Waals surface area contributed by atoms with Crippen LogP contribution >= 0.6 is 0 Å². The zero-order chi connectivity index (χ0) is 15.1. The normalized spacial score (nSPS) is 19.6. The van der Waals surface area contributed by atoms with E-state index >= 15 is 0 Å². The largest absolute Gasteiger partial charge is 0.381 e. The fraction of sp³-hybridized carbons (Fsp3) is 0.667. The van der Waals surface area contributed by atoms with Crippen LogP contribution in [0.1, 0.15) is 31.7 Å². The molecule has 3 nitrogen and oxygen atoms in total. The van der Waals surface area contributed by atoms with E-state index in [0.29, 0.717) is 6.54 Å². The zero-order valence-electron chi connectivity index (χ0n) is 13.6. The summed E-state index contributed by atoms with van der Waals surface area (Å²) in [7, 11) is 2.24. The highest BCUT2D eigenvalue weighted by molar-refractivity contribution is 5.18. The molecule has 0 aliphatic carbocycles. The summed E-state index contributed by atoms with van der Waals surface area (Å²) >= 11 is 0. The molecule has 1 saturated heterocycles. The van der Waals surface area contributed by atoms with Crippen LogP contribution in [0.15, 0.2) is 30.3 Å². The number of benzene rings is 1. The van der Waals surface area contributed by atoms with E-state index in [1.807, 2.05) is 0 Å². The van der Waals surface area contributed by atoms with E-state index in [4.69, 9.17) is 10.5 Å². The Morgan fingerprint density at radius 3 is 2.48 bits per heavy atom. The molecule has 1 unspecified atom stereocenters. The van der Waals surface area contributed by atoms with Gasteiger partial charge in [0.25, 0.3) is 0 Å². The Balaban J connectivity index is 2.04. The van der Waals surface area contributed by atoms with Crippen molar-refractivity contribution < 1.29 is 4.74 Å². The highest BCUT2D eigenvalue weighted by Crippen LogP contribution is 2.26. The fourth-order valence-electron chi connectivity index (χ4n) is 3.39. The summed E-state index contributed by atoms with van der Waals surface area (Å²) in [5.74, 6) is 0.747. The molecule has 1 atom stereocenters. The van der Waals surface area contributed by atoms with Gasteiger partial charge in [0.05, 0.1) is 0 Å². The van der Waals surface area contributed by atoms with Crippen molar-refractivity contribution >= 4 is 0 Å². The van der Waals surface area contributed by atoms with Gasteiger partial charge in [0.1, 0.15) is 0 Å². The van der Waals surface area contributed by atoms with E-state index in [9.17, 15) is 0 Å². The summed E-state index contributed by atoms with van der Waals surface area (Å²) in [5.41, 5.74) is 7.65. The first-order valence-electron chi connectivity index (χ1n) is 8.23. The van der Waals surface area contributed by atoms with Crippen molar-refractivity contribution in [3.63, 3.8) is 0 Å². The number of nitrogens with two attached hydrogens (primary N) is 1. The third-order valence-electron chi connectivity index (χ3n) is 5.10. The second-order valence-corrected chi connectivity index (χ2v) is 6.38. The third-order valence-corrected chi connectivity index (χ3v) is 5.10. The van der Waals surface area contributed by atoms with E-state index in [-0.39, 0.29) is 5.54 Å². The lowest BCUT2D eigenvalue weighted by Gasteiger charge is -2.43. The van der Waals surface area contributed by atoms with Gasteiger partial charge in [0, 0.05) is 31.8 Å². The van der Waals surface area contributed by atoms with Gasteiger partial charge in [-0.3, -0.25) is 4.90 Å². The minimum absolute atomic E-state index is 0.0691. The summed E-state index contributed by atoms with van der Waals surface area (Å²) in [6, 6.07) is 10.7. The molecule has 0 radical (unpaired) electrons. The average molecular weight is 290 g/mol. The minimum Gasteiger partial charge on any atom is -0.381 e. The van der Waals surface area contributed by atoms with Crippen molar-refractivity contribution in [2.75, 3.05) is 33.4 Å². The van der Waals surface area contributed by atoms with E-state index in [1.165, 1.54) is 18.4 Å². The summed E-state index contributed by atoms with van der Waals surface area (Å²) in [6.45, 7) is 5.92.